The molecular weight excluding hydrogens is 490 g/mol. The van der Waals surface area contributed by atoms with Crippen molar-refractivity contribution < 1.29 is 13.2 Å². The van der Waals surface area contributed by atoms with Crippen LogP contribution >= 0.6 is 11.8 Å². The Morgan fingerprint density at radius 3 is 2.22 bits per heavy atom. The van der Waals surface area contributed by atoms with Gasteiger partial charge in [0.25, 0.3) is 10.0 Å². The molecule has 182 valence electrons. The van der Waals surface area contributed by atoms with Crippen LogP contribution in [0.4, 0.5) is 11.4 Å². The standard InChI is InChI=1S/C28H25N3O3S2/c1-2-31-26-11-7-6-10-24(26)25-18-21(14-17-27(25)31)29-28(32)19-35-22-15-12-20(13-16-22)30-36(33,34)23-8-4-3-5-9-23/h3-18,30H,2,19H2,1H3,(H,29,32). The Balaban J connectivity index is 1.22. The molecule has 1 amide bonds. The Morgan fingerprint density at radius 1 is 0.806 bits per heavy atom. The molecule has 0 unspecified atom stereocenters. The summed E-state index contributed by atoms with van der Waals surface area (Å²) in [7, 11) is -3.64. The first-order valence-corrected chi connectivity index (χ1v) is 14.0. The van der Waals surface area contributed by atoms with E-state index in [0.717, 1.165) is 28.0 Å². The van der Waals surface area contributed by atoms with Gasteiger partial charge in [0.1, 0.15) is 0 Å². The van der Waals surface area contributed by atoms with Gasteiger partial charge in [-0.3, -0.25) is 9.52 Å². The van der Waals surface area contributed by atoms with E-state index >= 15 is 0 Å². The average molecular weight is 516 g/mol. The number of rotatable bonds is 8. The Hall–Kier alpha value is -3.75. The van der Waals surface area contributed by atoms with Gasteiger partial charge in [-0.15, -0.1) is 11.8 Å². The van der Waals surface area contributed by atoms with E-state index in [1.54, 1.807) is 54.6 Å². The molecule has 0 aliphatic carbocycles. The van der Waals surface area contributed by atoms with E-state index in [1.807, 2.05) is 24.3 Å². The highest BCUT2D eigenvalue weighted by Gasteiger charge is 2.14. The zero-order valence-corrected chi connectivity index (χ0v) is 21.3. The number of para-hydroxylation sites is 1. The Labute approximate surface area is 214 Å². The van der Waals surface area contributed by atoms with Crippen molar-refractivity contribution in [3.63, 3.8) is 0 Å². The zero-order chi connectivity index (χ0) is 25.1. The van der Waals surface area contributed by atoms with Crippen LogP contribution in [0.2, 0.25) is 0 Å². The molecule has 1 heterocycles. The van der Waals surface area contributed by atoms with Crippen LogP contribution < -0.4 is 10.0 Å². The topological polar surface area (TPSA) is 80.2 Å². The second kappa shape index (κ2) is 10.1. The van der Waals surface area contributed by atoms with Crippen LogP contribution in [0.25, 0.3) is 21.8 Å². The predicted octanol–water partition coefficient (Wildman–Crippen LogP) is 6.35. The second-order valence-corrected chi connectivity index (χ2v) is 11.0. The molecular formula is C28H25N3O3S2. The summed E-state index contributed by atoms with van der Waals surface area (Å²) in [6.07, 6.45) is 0. The highest BCUT2D eigenvalue weighted by Crippen LogP contribution is 2.31. The van der Waals surface area contributed by atoms with E-state index in [1.165, 1.54) is 22.7 Å². The van der Waals surface area contributed by atoms with Crippen molar-refractivity contribution >= 4 is 60.9 Å². The summed E-state index contributed by atoms with van der Waals surface area (Å²) in [6.45, 7) is 3.00. The first kappa shape index (κ1) is 24.0. The van der Waals surface area contributed by atoms with Crippen molar-refractivity contribution in [2.24, 2.45) is 0 Å². The summed E-state index contributed by atoms with van der Waals surface area (Å²) < 4.78 is 29.8. The zero-order valence-electron chi connectivity index (χ0n) is 19.6. The third-order valence-corrected chi connectivity index (χ3v) is 8.31. The summed E-state index contributed by atoms with van der Waals surface area (Å²) in [5.41, 5.74) is 3.56. The molecule has 0 aliphatic heterocycles. The summed E-state index contributed by atoms with van der Waals surface area (Å²) in [5, 5.41) is 5.28. The molecule has 0 aliphatic rings. The van der Waals surface area contributed by atoms with Crippen LogP contribution in [0.5, 0.6) is 0 Å². The predicted molar refractivity (Wildman–Crippen MR) is 148 cm³/mol. The van der Waals surface area contributed by atoms with Crippen molar-refractivity contribution in [1.29, 1.82) is 0 Å². The molecule has 8 heteroatoms. The van der Waals surface area contributed by atoms with Gasteiger partial charge in [0.05, 0.1) is 10.6 Å². The number of nitrogens with one attached hydrogen (secondary N) is 2. The van der Waals surface area contributed by atoms with Crippen LogP contribution in [0.1, 0.15) is 6.92 Å². The van der Waals surface area contributed by atoms with Gasteiger partial charge in [-0.05, 0) is 67.6 Å². The maximum Gasteiger partial charge on any atom is 0.261 e. The second-order valence-electron chi connectivity index (χ2n) is 8.27. The highest BCUT2D eigenvalue weighted by molar-refractivity contribution is 8.00. The summed E-state index contributed by atoms with van der Waals surface area (Å²) >= 11 is 1.39. The van der Waals surface area contributed by atoms with Crippen molar-refractivity contribution in [2.75, 3.05) is 15.8 Å². The minimum absolute atomic E-state index is 0.104. The number of anilines is 2. The molecule has 0 saturated carbocycles. The summed E-state index contributed by atoms with van der Waals surface area (Å²) in [6, 6.07) is 29.5. The van der Waals surface area contributed by atoms with Gasteiger partial charge in [-0.25, -0.2) is 8.42 Å². The van der Waals surface area contributed by atoms with Crippen LogP contribution in [0.15, 0.2) is 107 Å². The number of thioether (sulfide) groups is 1. The van der Waals surface area contributed by atoms with E-state index in [4.69, 9.17) is 0 Å². The largest absolute Gasteiger partial charge is 0.341 e. The van der Waals surface area contributed by atoms with Crippen molar-refractivity contribution in [3.05, 3.63) is 97.1 Å². The molecule has 1 aromatic heterocycles. The Bertz CT molecular complexity index is 1640. The highest BCUT2D eigenvalue weighted by atomic mass is 32.2. The third-order valence-electron chi connectivity index (χ3n) is 5.90. The van der Waals surface area contributed by atoms with E-state index in [2.05, 4.69) is 39.7 Å². The summed E-state index contributed by atoms with van der Waals surface area (Å²) in [5.74, 6) is 0.136. The van der Waals surface area contributed by atoms with E-state index < -0.39 is 10.0 Å². The van der Waals surface area contributed by atoms with Crippen LogP contribution in [0.3, 0.4) is 0 Å². The fraction of sp³-hybridized carbons (Fsp3) is 0.107. The molecule has 2 N–H and O–H groups in total. The van der Waals surface area contributed by atoms with Gasteiger partial charge in [0, 0.05) is 44.6 Å². The molecule has 5 aromatic rings. The maximum absolute atomic E-state index is 12.6. The van der Waals surface area contributed by atoms with Crippen molar-refractivity contribution in [1.82, 2.24) is 4.57 Å². The number of carbonyl (C=O) groups excluding carboxylic acids is 1. The lowest BCUT2D eigenvalue weighted by Gasteiger charge is -2.09. The van der Waals surface area contributed by atoms with Crippen LogP contribution in [0, 0.1) is 0 Å². The lowest BCUT2D eigenvalue weighted by molar-refractivity contribution is -0.113. The Morgan fingerprint density at radius 2 is 1.47 bits per heavy atom. The molecule has 0 atom stereocenters. The molecule has 0 bridgehead atoms. The van der Waals surface area contributed by atoms with Crippen LogP contribution in [-0.2, 0) is 21.4 Å². The number of aromatic nitrogens is 1. The van der Waals surface area contributed by atoms with E-state index in [9.17, 15) is 13.2 Å². The number of fused-ring (bicyclic) bond motifs is 3. The molecule has 4 aromatic carbocycles. The SMILES string of the molecule is CCn1c2ccccc2c2cc(NC(=O)CSc3ccc(NS(=O)(=O)c4ccccc4)cc3)ccc21. The number of amides is 1. The molecule has 36 heavy (non-hydrogen) atoms. The fourth-order valence-electron chi connectivity index (χ4n) is 4.25. The molecule has 0 radical (unpaired) electrons. The third kappa shape index (κ3) is 4.96. The maximum atomic E-state index is 12.6. The fourth-order valence-corrected chi connectivity index (χ4v) is 6.03. The number of hydrogen-bond acceptors (Lipinski definition) is 4. The van der Waals surface area contributed by atoms with Gasteiger partial charge >= 0.3 is 0 Å². The lowest BCUT2D eigenvalue weighted by Crippen LogP contribution is -2.14. The number of benzene rings is 4. The molecule has 5 rings (SSSR count). The van der Waals surface area contributed by atoms with Gasteiger partial charge in [0.2, 0.25) is 5.91 Å². The first-order valence-electron chi connectivity index (χ1n) is 11.6. The first-order chi connectivity index (χ1) is 17.4. The number of hydrogen-bond donors (Lipinski definition) is 2. The molecule has 6 nitrogen and oxygen atoms in total. The molecule has 0 saturated heterocycles. The van der Waals surface area contributed by atoms with E-state index in [-0.39, 0.29) is 16.6 Å². The smallest absolute Gasteiger partial charge is 0.261 e. The Kier molecular flexibility index (Phi) is 6.71. The number of nitrogens with zero attached hydrogens (tertiary/aromatic N) is 1. The normalized spacial score (nSPS) is 11.6. The monoisotopic (exact) mass is 515 g/mol. The molecule has 0 spiro atoms. The number of sulfonamides is 1. The van der Waals surface area contributed by atoms with Gasteiger partial charge in [-0.2, -0.15) is 0 Å². The quantitative estimate of drug-likeness (QED) is 0.236. The van der Waals surface area contributed by atoms with Gasteiger partial charge < -0.3 is 9.88 Å². The number of aryl methyl sites for hydroxylation is 1. The van der Waals surface area contributed by atoms with Crippen LogP contribution in [-0.4, -0.2) is 24.6 Å². The van der Waals surface area contributed by atoms with Crippen molar-refractivity contribution in [3.8, 4) is 0 Å². The average Bonchev–Trinajstić information content (AvgIpc) is 3.21. The number of carbonyl (C=O) groups is 1. The van der Waals surface area contributed by atoms with Gasteiger partial charge in [0.15, 0.2) is 0 Å². The summed E-state index contributed by atoms with van der Waals surface area (Å²) in [4.78, 5) is 13.7. The minimum atomic E-state index is -3.64. The lowest BCUT2D eigenvalue weighted by atomic mass is 10.1. The molecule has 0 fully saturated rings. The van der Waals surface area contributed by atoms with Crippen molar-refractivity contribution in [2.45, 2.75) is 23.3 Å². The van der Waals surface area contributed by atoms with Gasteiger partial charge in [-0.1, -0.05) is 36.4 Å². The van der Waals surface area contributed by atoms with E-state index in [0.29, 0.717) is 5.69 Å². The minimum Gasteiger partial charge on any atom is -0.341 e.